The largest absolute Gasteiger partial charge is 0.463 e. The zero-order chi connectivity index (χ0) is 20.3. The number of benzene rings is 2. The molecule has 0 aliphatic heterocycles. The number of rotatable bonds is 5. The van der Waals surface area contributed by atoms with E-state index in [1.165, 1.54) is 29.2 Å². The third kappa shape index (κ3) is 5.09. The Kier molecular flexibility index (Phi) is 6.33. The SMILES string of the molecule is CC(=O)OC1CC(C)CC(c2ccc(C)c(Cc3ccc(C(C)=O)cc3)c2)C1. The van der Waals surface area contributed by atoms with Crippen LogP contribution >= 0.6 is 0 Å². The first-order valence-corrected chi connectivity index (χ1v) is 10.2. The molecule has 1 saturated carbocycles. The summed E-state index contributed by atoms with van der Waals surface area (Å²) in [6.07, 6.45) is 3.87. The van der Waals surface area contributed by atoms with Gasteiger partial charge in [-0.15, -0.1) is 0 Å². The van der Waals surface area contributed by atoms with Crippen LogP contribution in [0.2, 0.25) is 0 Å². The van der Waals surface area contributed by atoms with Gasteiger partial charge in [0.25, 0.3) is 0 Å². The van der Waals surface area contributed by atoms with E-state index in [0.717, 1.165) is 31.2 Å². The molecule has 0 heterocycles. The Morgan fingerprint density at radius 3 is 2.36 bits per heavy atom. The molecule has 28 heavy (non-hydrogen) atoms. The summed E-state index contributed by atoms with van der Waals surface area (Å²) in [6.45, 7) is 7.48. The summed E-state index contributed by atoms with van der Waals surface area (Å²) in [5, 5.41) is 0. The van der Waals surface area contributed by atoms with Crippen LogP contribution in [-0.4, -0.2) is 17.9 Å². The van der Waals surface area contributed by atoms with Gasteiger partial charge in [0.15, 0.2) is 5.78 Å². The molecule has 0 spiro atoms. The van der Waals surface area contributed by atoms with Gasteiger partial charge in [-0.2, -0.15) is 0 Å². The van der Waals surface area contributed by atoms with E-state index in [2.05, 4.69) is 32.0 Å². The molecule has 0 saturated heterocycles. The maximum Gasteiger partial charge on any atom is 0.302 e. The number of carbonyl (C=O) groups excluding carboxylic acids is 2. The van der Waals surface area contributed by atoms with Crippen LogP contribution in [0.15, 0.2) is 42.5 Å². The summed E-state index contributed by atoms with van der Waals surface area (Å²) in [6, 6.07) is 14.7. The lowest BCUT2D eigenvalue weighted by molar-refractivity contribution is -0.148. The third-order valence-corrected chi connectivity index (χ3v) is 5.83. The number of ether oxygens (including phenoxy) is 1. The van der Waals surface area contributed by atoms with Crippen molar-refractivity contribution in [3.8, 4) is 0 Å². The van der Waals surface area contributed by atoms with Gasteiger partial charge in [0.1, 0.15) is 6.10 Å². The molecule has 3 nitrogen and oxygen atoms in total. The topological polar surface area (TPSA) is 43.4 Å². The predicted molar refractivity (Wildman–Crippen MR) is 112 cm³/mol. The Hall–Kier alpha value is -2.42. The number of hydrogen-bond acceptors (Lipinski definition) is 3. The number of hydrogen-bond donors (Lipinski definition) is 0. The monoisotopic (exact) mass is 378 g/mol. The van der Waals surface area contributed by atoms with Gasteiger partial charge in [0.05, 0.1) is 0 Å². The van der Waals surface area contributed by atoms with Gasteiger partial charge in [-0.05, 0) is 73.6 Å². The fourth-order valence-corrected chi connectivity index (χ4v) is 4.36. The highest BCUT2D eigenvalue weighted by Gasteiger charge is 2.29. The van der Waals surface area contributed by atoms with Crippen LogP contribution in [0.1, 0.15) is 78.6 Å². The van der Waals surface area contributed by atoms with Crippen molar-refractivity contribution >= 4 is 11.8 Å². The number of aryl methyl sites for hydroxylation is 1. The summed E-state index contributed by atoms with van der Waals surface area (Å²) in [7, 11) is 0. The minimum Gasteiger partial charge on any atom is -0.463 e. The number of ketones is 1. The standard InChI is InChI=1S/C25H30O3/c1-16-11-24(15-25(12-16)28-19(4)27)22-8-5-17(2)23(14-22)13-20-6-9-21(10-7-20)18(3)26/h5-10,14,16,24-25H,11-13,15H2,1-4H3. The quantitative estimate of drug-likeness (QED) is 0.501. The van der Waals surface area contributed by atoms with Gasteiger partial charge in [-0.3, -0.25) is 9.59 Å². The van der Waals surface area contributed by atoms with E-state index in [1.54, 1.807) is 6.92 Å². The van der Waals surface area contributed by atoms with E-state index >= 15 is 0 Å². The maximum atomic E-state index is 11.5. The van der Waals surface area contributed by atoms with Crippen LogP contribution < -0.4 is 0 Å². The van der Waals surface area contributed by atoms with E-state index < -0.39 is 0 Å². The molecule has 1 aliphatic carbocycles. The second-order valence-electron chi connectivity index (χ2n) is 8.36. The van der Waals surface area contributed by atoms with Crippen LogP contribution in [0.25, 0.3) is 0 Å². The van der Waals surface area contributed by atoms with Gasteiger partial charge in [-0.25, -0.2) is 0 Å². The zero-order valence-corrected chi connectivity index (χ0v) is 17.3. The molecule has 3 heteroatoms. The smallest absolute Gasteiger partial charge is 0.302 e. The Bertz CT molecular complexity index is 851. The second-order valence-corrected chi connectivity index (χ2v) is 8.36. The lowest BCUT2D eigenvalue weighted by Crippen LogP contribution is -2.28. The zero-order valence-electron chi connectivity index (χ0n) is 17.3. The van der Waals surface area contributed by atoms with Crippen molar-refractivity contribution < 1.29 is 14.3 Å². The first-order valence-electron chi connectivity index (χ1n) is 10.2. The molecular weight excluding hydrogens is 348 g/mol. The van der Waals surface area contributed by atoms with Crippen LogP contribution in [0.3, 0.4) is 0 Å². The van der Waals surface area contributed by atoms with Crippen molar-refractivity contribution in [1.29, 1.82) is 0 Å². The van der Waals surface area contributed by atoms with Crippen LogP contribution in [0, 0.1) is 12.8 Å². The average molecular weight is 379 g/mol. The Balaban J connectivity index is 1.78. The molecule has 2 aromatic rings. The van der Waals surface area contributed by atoms with Crippen molar-refractivity contribution in [2.24, 2.45) is 5.92 Å². The van der Waals surface area contributed by atoms with Crippen molar-refractivity contribution in [2.45, 2.75) is 65.4 Å². The van der Waals surface area contributed by atoms with Crippen molar-refractivity contribution in [3.05, 3.63) is 70.3 Å². The lowest BCUT2D eigenvalue weighted by Gasteiger charge is -2.33. The van der Waals surface area contributed by atoms with Gasteiger partial charge < -0.3 is 4.74 Å². The highest BCUT2D eigenvalue weighted by atomic mass is 16.5. The molecule has 3 unspecified atom stereocenters. The molecule has 0 bridgehead atoms. The highest BCUT2D eigenvalue weighted by Crippen LogP contribution is 2.38. The summed E-state index contributed by atoms with van der Waals surface area (Å²) in [5.41, 5.74) is 5.89. The Morgan fingerprint density at radius 2 is 1.71 bits per heavy atom. The third-order valence-electron chi connectivity index (χ3n) is 5.83. The van der Waals surface area contributed by atoms with Crippen molar-refractivity contribution in [3.63, 3.8) is 0 Å². The number of carbonyl (C=O) groups is 2. The molecule has 0 aromatic heterocycles. The summed E-state index contributed by atoms with van der Waals surface area (Å²) in [4.78, 5) is 22.9. The molecule has 1 aliphatic rings. The Morgan fingerprint density at radius 1 is 1.00 bits per heavy atom. The second kappa shape index (κ2) is 8.72. The molecule has 0 N–H and O–H groups in total. The lowest BCUT2D eigenvalue weighted by atomic mass is 9.76. The van der Waals surface area contributed by atoms with Crippen molar-refractivity contribution in [2.75, 3.05) is 0 Å². The molecule has 2 aromatic carbocycles. The maximum absolute atomic E-state index is 11.5. The molecule has 3 rings (SSSR count). The molecule has 0 radical (unpaired) electrons. The molecular formula is C25H30O3. The fraction of sp³-hybridized carbons (Fsp3) is 0.440. The number of Topliss-reactive ketones (excluding diaryl/α,β-unsaturated/α-hetero) is 1. The average Bonchev–Trinajstić information content (AvgIpc) is 2.63. The normalized spacial score (nSPS) is 21.9. The van der Waals surface area contributed by atoms with E-state index in [1.807, 2.05) is 24.3 Å². The number of esters is 1. The first-order chi connectivity index (χ1) is 13.3. The van der Waals surface area contributed by atoms with E-state index in [4.69, 9.17) is 4.74 Å². The van der Waals surface area contributed by atoms with E-state index in [0.29, 0.717) is 11.8 Å². The minimum atomic E-state index is -0.184. The predicted octanol–water partition coefficient (Wildman–Crippen LogP) is 5.62. The first kappa shape index (κ1) is 20.3. The van der Waals surface area contributed by atoms with Gasteiger partial charge in [-0.1, -0.05) is 49.4 Å². The fourth-order valence-electron chi connectivity index (χ4n) is 4.36. The molecule has 0 amide bonds. The van der Waals surface area contributed by atoms with Crippen LogP contribution in [0.5, 0.6) is 0 Å². The van der Waals surface area contributed by atoms with Crippen LogP contribution in [0.4, 0.5) is 0 Å². The molecule has 1 fully saturated rings. The van der Waals surface area contributed by atoms with E-state index in [9.17, 15) is 9.59 Å². The summed E-state index contributed by atoms with van der Waals surface area (Å²) < 4.78 is 5.53. The highest BCUT2D eigenvalue weighted by molar-refractivity contribution is 5.94. The minimum absolute atomic E-state index is 0.0233. The van der Waals surface area contributed by atoms with Gasteiger partial charge in [0, 0.05) is 12.5 Å². The molecule has 3 atom stereocenters. The van der Waals surface area contributed by atoms with Crippen molar-refractivity contribution in [1.82, 2.24) is 0 Å². The summed E-state index contributed by atoms with van der Waals surface area (Å²) in [5.74, 6) is 0.884. The van der Waals surface area contributed by atoms with Gasteiger partial charge >= 0.3 is 5.97 Å². The van der Waals surface area contributed by atoms with Gasteiger partial charge in [0.2, 0.25) is 0 Å². The van der Waals surface area contributed by atoms with E-state index in [-0.39, 0.29) is 17.9 Å². The van der Waals surface area contributed by atoms with Crippen LogP contribution in [-0.2, 0) is 16.0 Å². The summed E-state index contributed by atoms with van der Waals surface area (Å²) >= 11 is 0. The molecule has 148 valence electrons. The Labute approximate surface area is 168 Å².